The molecule has 8 nitrogen and oxygen atoms in total. The lowest BCUT2D eigenvalue weighted by molar-refractivity contribution is -0.139. The summed E-state index contributed by atoms with van der Waals surface area (Å²) in [6.45, 7) is 1.81. The lowest BCUT2D eigenvalue weighted by Crippen LogP contribution is -2.41. The van der Waals surface area contributed by atoms with Gasteiger partial charge in [-0.3, -0.25) is 4.79 Å². The maximum atomic E-state index is 12.1. The van der Waals surface area contributed by atoms with E-state index in [1.54, 1.807) is 0 Å². The summed E-state index contributed by atoms with van der Waals surface area (Å²) in [5.74, 6) is -1.75. The van der Waals surface area contributed by atoms with Crippen molar-refractivity contribution in [2.24, 2.45) is 7.05 Å². The topological polar surface area (TPSA) is 117 Å². The highest BCUT2D eigenvalue weighted by atomic mass is 32.2. The minimum atomic E-state index is -3.66. The number of carboxylic acid groups (broad SMARTS) is 1. The van der Waals surface area contributed by atoms with Crippen molar-refractivity contribution in [1.82, 2.24) is 14.6 Å². The second-order valence-corrected chi connectivity index (χ2v) is 6.42. The molecule has 0 aliphatic heterocycles. The van der Waals surface area contributed by atoms with Crippen LogP contribution in [0.15, 0.2) is 17.2 Å². The van der Waals surface area contributed by atoms with Crippen LogP contribution in [0.1, 0.15) is 30.3 Å². The number of carbonyl (C=O) groups is 2. The van der Waals surface area contributed by atoms with Gasteiger partial charge in [0.2, 0.25) is 10.0 Å². The number of amides is 1. The van der Waals surface area contributed by atoms with E-state index in [2.05, 4.69) is 10.0 Å². The Kier molecular flexibility index (Phi) is 5.50. The molecule has 1 atom stereocenters. The number of sulfonamides is 1. The Labute approximate surface area is 123 Å². The third-order valence-corrected chi connectivity index (χ3v) is 4.35. The zero-order chi connectivity index (χ0) is 16.2. The van der Waals surface area contributed by atoms with Crippen LogP contribution < -0.4 is 10.0 Å². The average Bonchev–Trinajstić information content (AvgIpc) is 2.81. The Morgan fingerprint density at radius 3 is 2.52 bits per heavy atom. The summed E-state index contributed by atoms with van der Waals surface area (Å²) in [5, 5.41) is 11.4. The van der Waals surface area contributed by atoms with E-state index in [1.165, 1.54) is 30.9 Å². The van der Waals surface area contributed by atoms with Crippen LogP contribution in [0.2, 0.25) is 0 Å². The zero-order valence-electron chi connectivity index (χ0n) is 12.1. The molecular weight excluding hydrogens is 298 g/mol. The van der Waals surface area contributed by atoms with Crippen molar-refractivity contribution in [3.05, 3.63) is 18.0 Å². The van der Waals surface area contributed by atoms with Gasteiger partial charge in [0.15, 0.2) is 0 Å². The molecular formula is C12H19N3O5S. The van der Waals surface area contributed by atoms with Crippen LogP contribution in [0.5, 0.6) is 0 Å². The first-order chi connectivity index (χ1) is 9.72. The van der Waals surface area contributed by atoms with Gasteiger partial charge >= 0.3 is 5.97 Å². The van der Waals surface area contributed by atoms with E-state index in [0.717, 1.165) is 0 Å². The molecule has 21 heavy (non-hydrogen) atoms. The molecule has 1 heterocycles. The van der Waals surface area contributed by atoms with Crippen molar-refractivity contribution < 1.29 is 23.1 Å². The summed E-state index contributed by atoms with van der Waals surface area (Å²) in [4.78, 5) is 23.0. The predicted octanol–water partition coefficient (Wildman–Crippen LogP) is -0.0837. The Morgan fingerprint density at radius 2 is 2.05 bits per heavy atom. The minimum Gasteiger partial charge on any atom is -0.480 e. The van der Waals surface area contributed by atoms with Gasteiger partial charge in [0, 0.05) is 13.2 Å². The number of carbonyl (C=O) groups excluding carboxylic acids is 1. The Balaban J connectivity index is 3.01. The molecule has 0 aromatic carbocycles. The highest BCUT2D eigenvalue weighted by Crippen LogP contribution is 2.13. The monoisotopic (exact) mass is 317 g/mol. The molecule has 1 unspecified atom stereocenters. The molecule has 0 aliphatic rings. The van der Waals surface area contributed by atoms with Crippen molar-refractivity contribution in [3.8, 4) is 0 Å². The molecule has 118 valence electrons. The number of hydrogen-bond acceptors (Lipinski definition) is 4. The first kappa shape index (κ1) is 17.2. The number of nitrogens with zero attached hydrogens (tertiary/aromatic N) is 1. The molecule has 1 rings (SSSR count). The molecule has 0 bridgehead atoms. The van der Waals surface area contributed by atoms with E-state index in [0.29, 0.717) is 12.8 Å². The van der Waals surface area contributed by atoms with Gasteiger partial charge in [-0.15, -0.1) is 0 Å². The fourth-order valence-electron chi connectivity index (χ4n) is 1.80. The highest BCUT2D eigenvalue weighted by molar-refractivity contribution is 7.89. The van der Waals surface area contributed by atoms with Crippen LogP contribution >= 0.6 is 0 Å². The van der Waals surface area contributed by atoms with E-state index in [-0.39, 0.29) is 10.6 Å². The highest BCUT2D eigenvalue weighted by Gasteiger charge is 2.23. The van der Waals surface area contributed by atoms with Gasteiger partial charge in [-0.1, -0.05) is 13.3 Å². The van der Waals surface area contributed by atoms with Crippen molar-refractivity contribution in [1.29, 1.82) is 0 Å². The molecule has 0 aliphatic carbocycles. The van der Waals surface area contributed by atoms with E-state index in [9.17, 15) is 18.0 Å². The van der Waals surface area contributed by atoms with Gasteiger partial charge in [0.05, 0.1) is 0 Å². The number of aryl methyl sites for hydroxylation is 1. The molecule has 0 radical (unpaired) electrons. The van der Waals surface area contributed by atoms with Gasteiger partial charge < -0.3 is 15.0 Å². The smallest absolute Gasteiger partial charge is 0.326 e. The number of rotatable bonds is 7. The molecule has 0 spiro atoms. The van der Waals surface area contributed by atoms with Crippen molar-refractivity contribution in [3.63, 3.8) is 0 Å². The SMILES string of the molecule is CCCC(NC(=O)c1cc(S(=O)(=O)NC)cn1C)C(=O)O. The van der Waals surface area contributed by atoms with Crippen LogP contribution in [-0.2, 0) is 21.9 Å². The predicted molar refractivity (Wildman–Crippen MR) is 75.5 cm³/mol. The first-order valence-corrected chi connectivity index (χ1v) is 7.84. The number of aromatic nitrogens is 1. The van der Waals surface area contributed by atoms with Gasteiger partial charge in [-0.25, -0.2) is 17.9 Å². The molecule has 1 amide bonds. The number of nitrogens with one attached hydrogen (secondary N) is 2. The van der Waals surface area contributed by atoms with Crippen molar-refractivity contribution in [2.45, 2.75) is 30.7 Å². The standard InChI is InChI=1S/C12H19N3O5S/c1-4-5-9(12(17)18)14-11(16)10-6-8(7-15(10)3)21(19,20)13-2/h6-7,9,13H,4-5H2,1-3H3,(H,14,16)(H,17,18). The second kappa shape index (κ2) is 6.72. The van der Waals surface area contributed by atoms with Gasteiger partial charge in [0.25, 0.3) is 5.91 Å². The lowest BCUT2D eigenvalue weighted by Gasteiger charge is -2.13. The minimum absolute atomic E-state index is 0.0555. The second-order valence-electron chi connectivity index (χ2n) is 4.53. The van der Waals surface area contributed by atoms with Crippen molar-refractivity contribution >= 4 is 21.9 Å². The normalized spacial score (nSPS) is 12.9. The lowest BCUT2D eigenvalue weighted by atomic mass is 10.1. The van der Waals surface area contributed by atoms with Crippen LogP contribution in [0, 0.1) is 0 Å². The molecule has 1 aromatic rings. The third kappa shape index (κ3) is 4.05. The van der Waals surface area contributed by atoms with Crippen LogP contribution in [-0.4, -0.2) is 43.1 Å². The fraction of sp³-hybridized carbons (Fsp3) is 0.500. The average molecular weight is 317 g/mol. The van der Waals surface area contributed by atoms with E-state index in [4.69, 9.17) is 5.11 Å². The summed E-state index contributed by atoms with van der Waals surface area (Å²) >= 11 is 0. The summed E-state index contributed by atoms with van der Waals surface area (Å²) < 4.78 is 26.8. The number of aliphatic carboxylic acids is 1. The largest absolute Gasteiger partial charge is 0.480 e. The van der Waals surface area contributed by atoms with Crippen LogP contribution in [0.3, 0.4) is 0 Å². The van der Waals surface area contributed by atoms with Crippen LogP contribution in [0.4, 0.5) is 0 Å². The molecule has 1 aromatic heterocycles. The Morgan fingerprint density at radius 1 is 1.43 bits per heavy atom. The zero-order valence-corrected chi connectivity index (χ0v) is 12.9. The number of carboxylic acids is 1. The molecule has 0 saturated heterocycles. The maximum Gasteiger partial charge on any atom is 0.326 e. The summed E-state index contributed by atoms with van der Waals surface area (Å²) in [6.07, 6.45) is 2.19. The fourth-order valence-corrected chi connectivity index (χ4v) is 2.60. The van der Waals surface area contributed by atoms with Gasteiger partial charge in [-0.2, -0.15) is 0 Å². The van der Waals surface area contributed by atoms with Crippen molar-refractivity contribution in [2.75, 3.05) is 7.05 Å². The van der Waals surface area contributed by atoms with Gasteiger partial charge in [0.1, 0.15) is 16.6 Å². The number of hydrogen-bond donors (Lipinski definition) is 3. The summed E-state index contributed by atoms with van der Waals surface area (Å²) in [5.41, 5.74) is 0.0752. The maximum absolute atomic E-state index is 12.1. The Bertz CT molecular complexity index is 635. The summed E-state index contributed by atoms with van der Waals surface area (Å²) in [6, 6.07) is 0.202. The van der Waals surface area contributed by atoms with E-state index < -0.39 is 27.9 Å². The first-order valence-electron chi connectivity index (χ1n) is 6.36. The third-order valence-electron chi connectivity index (χ3n) is 2.97. The molecule has 9 heteroatoms. The Hall–Kier alpha value is -1.87. The summed E-state index contributed by atoms with van der Waals surface area (Å²) in [7, 11) is -0.875. The van der Waals surface area contributed by atoms with Gasteiger partial charge in [-0.05, 0) is 19.5 Å². The molecule has 0 saturated carbocycles. The van der Waals surface area contributed by atoms with E-state index >= 15 is 0 Å². The van der Waals surface area contributed by atoms with E-state index in [1.807, 2.05) is 6.92 Å². The molecule has 3 N–H and O–H groups in total. The quantitative estimate of drug-likeness (QED) is 0.650. The molecule has 0 fully saturated rings. The van der Waals surface area contributed by atoms with Crippen LogP contribution in [0.25, 0.3) is 0 Å².